The van der Waals surface area contributed by atoms with E-state index in [9.17, 15) is 0 Å². The Balaban J connectivity index is 4.81. The smallest absolute Gasteiger partial charge is 0.268 e. The molecule has 17 heavy (non-hydrogen) atoms. The highest BCUT2D eigenvalue weighted by molar-refractivity contribution is 6.70. The Hall–Kier alpha value is -0.396. The highest BCUT2D eigenvalue weighted by Crippen LogP contribution is 2.17. The fourth-order valence-electron chi connectivity index (χ4n) is 0.985. The van der Waals surface area contributed by atoms with Crippen LogP contribution in [0.2, 0.25) is 39.3 Å². The van der Waals surface area contributed by atoms with Gasteiger partial charge in [0.1, 0.15) is 5.76 Å². The van der Waals surface area contributed by atoms with Gasteiger partial charge in [0.25, 0.3) is 5.95 Å². The monoisotopic (exact) mass is 294 g/mol. The number of hydrogen-bond donors (Lipinski definition) is 0. The molecule has 0 radical (unpaired) electrons. The fraction of sp³-hybridized carbons (Fsp3) is 0.636. The topological polar surface area (TPSA) is 27.7 Å². The number of ether oxygens (including phenoxy) is 1. The Kier molecular flexibility index (Phi) is 6.36. The van der Waals surface area contributed by atoms with Gasteiger partial charge in [0.2, 0.25) is 16.6 Å². The average Bonchev–Trinajstić information content (AvgIpc) is 2.11. The minimum absolute atomic E-state index is 0.453. The lowest BCUT2D eigenvalue weighted by atomic mass is 10.5. The van der Waals surface area contributed by atoms with Crippen molar-refractivity contribution in [3.05, 3.63) is 23.3 Å². The van der Waals surface area contributed by atoms with E-state index in [2.05, 4.69) is 39.3 Å². The minimum atomic E-state index is -1.69. The number of halogens is 1. The predicted molar refractivity (Wildman–Crippen MR) is 77.9 cm³/mol. The summed E-state index contributed by atoms with van der Waals surface area (Å²) in [6, 6.07) is 0. The molecule has 0 fully saturated rings. The Bertz CT molecular complexity index is 301. The summed E-state index contributed by atoms with van der Waals surface area (Å²) in [5.74, 6) is 1.04. The first kappa shape index (κ1) is 16.6. The quantitative estimate of drug-likeness (QED) is 0.416. The van der Waals surface area contributed by atoms with Gasteiger partial charge in [-0.2, -0.15) is 0 Å². The third-order valence-electron chi connectivity index (χ3n) is 1.40. The highest BCUT2D eigenvalue weighted by atomic mass is 35.5. The lowest BCUT2D eigenvalue weighted by molar-refractivity contribution is 0.145. The van der Waals surface area contributed by atoms with E-state index in [4.69, 9.17) is 25.2 Å². The minimum Gasteiger partial charge on any atom is -0.544 e. The Morgan fingerprint density at radius 1 is 0.941 bits per heavy atom. The second-order valence-electron chi connectivity index (χ2n) is 5.61. The van der Waals surface area contributed by atoms with E-state index in [1.807, 2.05) is 0 Å². The SMILES string of the molecule is COC(=C/C(=C\Cl)O[Si](C)(C)C)O[Si](C)(C)C. The number of allylic oxidation sites excluding steroid dienone is 1. The van der Waals surface area contributed by atoms with E-state index in [0.29, 0.717) is 11.7 Å². The molecule has 0 rings (SSSR count). The summed E-state index contributed by atoms with van der Waals surface area (Å²) in [6.07, 6.45) is 1.70. The molecule has 0 heterocycles. The largest absolute Gasteiger partial charge is 0.544 e. The lowest BCUT2D eigenvalue weighted by Gasteiger charge is -2.23. The molecule has 0 unspecified atom stereocenters. The number of hydrogen-bond acceptors (Lipinski definition) is 3. The third-order valence-corrected chi connectivity index (χ3v) is 3.28. The van der Waals surface area contributed by atoms with Crippen molar-refractivity contribution in [1.29, 1.82) is 0 Å². The van der Waals surface area contributed by atoms with Gasteiger partial charge in [-0.05, 0) is 39.3 Å². The summed E-state index contributed by atoms with van der Waals surface area (Å²) in [7, 11) is -1.79. The van der Waals surface area contributed by atoms with Gasteiger partial charge in [0, 0.05) is 5.54 Å². The molecule has 0 aliphatic heterocycles. The van der Waals surface area contributed by atoms with E-state index in [1.54, 1.807) is 13.2 Å². The van der Waals surface area contributed by atoms with Crippen molar-refractivity contribution in [3.8, 4) is 0 Å². The molecule has 3 nitrogen and oxygen atoms in total. The van der Waals surface area contributed by atoms with Gasteiger partial charge in [-0.1, -0.05) is 11.6 Å². The highest BCUT2D eigenvalue weighted by Gasteiger charge is 2.20. The van der Waals surface area contributed by atoms with Crippen molar-refractivity contribution in [2.24, 2.45) is 0 Å². The van der Waals surface area contributed by atoms with Gasteiger partial charge in [-0.3, -0.25) is 0 Å². The average molecular weight is 295 g/mol. The summed E-state index contributed by atoms with van der Waals surface area (Å²) in [4.78, 5) is 0. The number of rotatable bonds is 6. The van der Waals surface area contributed by atoms with Crippen LogP contribution in [-0.4, -0.2) is 23.7 Å². The maximum absolute atomic E-state index is 5.78. The summed E-state index contributed by atoms with van der Waals surface area (Å²) in [5, 5.41) is 0. The maximum atomic E-state index is 5.78. The zero-order valence-corrected chi connectivity index (χ0v) is 14.5. The molecule has 6 heteroatoms. The molecule has 0 N–H and O–H groups in total. The van der Waals surface area contributed by atoms with Crippen LogP contribution in [0.5, 0.6) is 0 Å². The normalized spacial score (nSPS) is 14.6. The summed E-state index contributed by atoms with van der Waals surface area (Å²) in [5.41, 5.74) is 1.41. The molecule has 0 aliphatic rings. The van der Waals surface area contributed by atoms with E-state index in [-0.39, 0.29) is 0 Å². The zero-order chi connectivity index (χ0) is 13.7. The van der Waals surface area contributed by atoms with E-state index >= 15 is 0 Å². The molecular weight excluding hydrogens is 272 g/mol. The van der Waals surface area contributed by atoms with Crippen LogP contribution in [0.15, 0.2) is 23.3 Å². The number of methoxy groups -OCH3 is 1. The molecule has 0 bridgehead atoms. The molecule has 0 aromatic heterocycles. The van der Waals surface area contributed by atoms with Gasteiger partial charge < -0.3 is 13.6 Å². The molecule has 0 aromatic rings. The molecule has 0 saturated heterocycles. The van der Waals surface area contributed by atoms with Crippen LogP contribution in [0.1, 0.15) is 0 Å². The van der Waals surface area contributed by atoms with Gasteiger partial charge in [0.15, 0.2) is 0 Å². The second kappa shape index (κ2) is 6.51. The van der Waals surface area contributed by atoms with Crippen LogP contribution in [0.4, 0.5) is 0 Å². The maximum Gasteiger partial charge on any atom is 0.268 e. The molecule has 100 valence electrons. The van der Waals surface area contributed by atoms with Crippen LogP contribution < -0.4 is 0 Å². The van der Waals surface area contributed by atoms with Crippen LogP contribution in [0.3, 0.4) is 0 Å². The summed E-state index contributed by atoms with van der Waals surface area (Å²) in [6.45, 7) is 12.5. The predicted octanol–water partition coefficient (Wildman–Crippen LogP) is 4.26. The molecule has 0 aliphatic carbocycles. The van der Waals surface area contributed by atoms with Gasteiger partial charge in [-0.15, -0.1) is 0 Å². The van der Waals surface area contributed by atoms with Gasteiger partial charge >= 0.3 is 0 Å². The first-order valence-electron chi connectivity index (χ1n) is 5.51. The molecule has 0 spiro atoms. The standard InChI is InChI=1S/C11H23ClO3Si2/c1-13-11(15-17(5,6)7)8-10(9-12)14-16(2,3)4/h8-9H,1-7H3/b10-9+,11-8?. The second-order valence-corrected chi connectivity index (χ2v) is 14.7. The van der Waals surface area contributed by atoms with Crippen molar-refractivity contribution in [2.75, 3.05) is 7.11 Å². The van der Waals surface area contributed by atoms with Crippen molar-refractivity contribution in [3.63, 3.8) is 0 Å². The third kappa shape index (κ3) is 9.32. The van der Waals surface area contributed by atoms with Crippen LogP contribution in [0, 0.1) is 0 Å². The van der Waals surface area contributed by atoms with Crippen molar-refractivity contribution in [2.45, 2.75) is 39.3 Å². The summed E-state index contributed by atoms with van der Waals surface area (Å²) < 4.78 is 16.7. The Morgan fingerprint density at radius 2 is 1.41 bits per heavy atom. The van der Waals surface area contributed by atoms with Crippen LogP contribution in [-0.2, 0) is 13.6 Å². The first-order valence-corrected chi connectivity index (χ1v) is 12.8. The molecule has 0 saturated carbocycles. The lowest BCUT2D eigenvalue weighted by Crippen LogP contribution is -2.26. The molecule has 0 aromatic carbocycles. The fourth-order valence-corrected chi connectivity index (χ4v) is 2.74. The van der Waals surface area contributed by atoms with Crippen molar-refractivity contribution >= 4 is 28.2 Å². The molecular formula is C11H23ClO3Si2. The Labute approximate surface area is 112 Å². The van der Waals surface area contributed by atoms with E-state index in [1.165, 1.54) is 5.54 Å². The zero-order valence-electron chi connectivity index (χ0n) is 11.8. The Morgan fingerprint density at radius 3 is 1.71 bits per heavy atom. The first-order chi connectivity index (χ1) is 7.57. The van der Waals surface area contributed by atoms with Gasteiger partial charge in [-0.25, -0.2) is 0 Å². The van der Waals surface area contributed by atoms with E-state index < -0.39 is 16.6 Å². The van der Waals surface area contributed by atoms with E-state index in [0.717, 1.165) is 0 Å². The van der Waals surface area contributed by atoms with Crippen LogP contribution in [0.25, 0.3) is 0 Å². The molecule has 0 amide bonds. The van der Waals surface area contributed by atoms with Crippen molar-refractivity contribution in [1.82, 2.24) is 0 Å². The van der Waals surface area contributed by atoms with Gasteiger partial charge in [0.05, 0.1) is 13.2 Å². The summed E-state index contributed by atoms with van der Waals surface area (Å²) >= 11 is 5.74. The molecule has 0 atom stereocenters. The van der Waals surface area contributed by atoms with Crippen LogP contribution >= 0.6 is 11.6 Å². The van der Waals surface area contributed by atoms with Crippen molar-refractivity contribution < 1.29 is 13.6 Å².